The first-order valence-electron chi connectivity index (χ1n) is 9.43. The number of para-hydroxylation sites is 1. The molecule has 2 aromatic rings. The zero-order valence-corrected chi connectivity index (χ0v) is 18.4. The van der Waals surface area contributed by atoms with E-state index in [0.717, 1.165) is 5.56 Å². The first kappa shape index (κ1) is 21.8. The van der Waals surface area contributed by atoms with Crippen molar-refractivity contribution in [2.24, 2.45) is 0 Å². The molecule has 0 aromatic heterocycles. The molecule has 0 bridgehead atoms. The summed E-state index contributed by atoms with van der Waals surface area (Å²) in [7, 11) is 0. The number of hydrogen-bond donors (Lipinski definition) is 1. The zero-order valence-electron chi connectivity index (χ0n) is 16.8. The molecule has 6 nitrogen and oxygen atoms in total. The highest BCUT2D eigenvalue weighted by molar-refractivity contribution is 7.80. The van der Waals surface area contributed by atoms with Crippen LogP contribution in [0.25, 0.3) is 6.08 Å². The summed E-state index contributed by atoms with van der Waals surface area (Å²) in [6.45, 7) is 6.38. The molecule has 0 radical (unpaired) electrons. The van der Waals surface area contributed by atoms with E-state index in [1.54, 1.807) is 24.3 Å². The standard InChI is InChI=1S/C22H21ClN2O4S/c1-4-28-18-12-14(11-16(23)19(18)29-5-2)10-15-20(26)24-22(30)25(21(15)27)17-9-7-6-8-13(17)3/h6-12H,4-5H2,1-3H3,(H,24,26,30)/b15-10+. The second-order valence-electron chi connectivity index (χ2n) is 6.44. The number of hydrogen-bond acceptors (Lipinski definition) is 5. The number of halogens is 1. The maximum atomic E-state index is 13.2. The van der Waals surface area contributed by atoms with Crippen LogP contribution >= 0.6 is 23.8 Å². The lowest BCUT2D eigenvalue weighted by Crippen LogP contribution is -2.54. The lowest BCUT2D eigenvalue weighted by Gasteiger charge is -2.30. The third-order valence-corrected chi connectivity index (χ3v) is 4.95. The molecule has 1 aliphatic heterocycles. The van der Waals surface area contributed by atoms with Gasteiger partial charge in [0.25, 0.3) is 11.8 Å². The Morgan fingerprint density at radius 1 is 1.13 bits per heavy atom. The molecule has 0 aliphatic carbocycles. The van der Waals surface area contributed by atoms with Crippen LogP contribution in [0.4, 0.5) is 5.69 Å². The Balaban J connectivity index is 2.05. The second-order valence-corrected chi connectivity index (χ2v) is 7.23. The van der Waals surface area contributed by atoms with Gasteiger partial charge in [0.2, 0.25) is 0 Å². The Morgan fingerprint density at radius 3 is 2.50 bits per heavy atom. The predicted molar refractivity (Wildman–Crippen MR) is 121 cm³/mol. The third kappa shape index (κ3) is 4.32. The number of benzene rings is 2. The molecular weight excluding hydrogens is 424 g/mol. The van der Waals surface area contributed by atoms with Crippen LogP contribution in [0.5, 0.6) is 11.5 Å². The summed E-state index contributed by atoms with van der Waals surface area (Å²) < 4.78 is 11.2. The summed E-state index contributed by atoms with van der Waals surface area (Å²) in [5.74, 6) is -0.224. The molecular formula is C22H21ClN2O4S. The van der Waals surface area contributed by atoms with E-state index in [9.17, 15) is 9.59 Å². The van der Waals surface area contributed by atoms with Gasteiger partial charge in [-0.3, -0.25) is 19.8 Å². The average molecular weight is 445 g/mol. The monoisotopic (exact) mass is 444 g/mol. The number of aryl methyl sites for hydroxylation is 1. The molecule has 3 rings (SSSR count). The van der Waals surface area contributed by atoms with E-state index in [0.29, 0.717) is 41.0 Å². The van der Waals surface area contributed by atoms with E-state index in [1.807, 2.05) is 32.9 Å². The molecule has 1 fully saturated rings. The number of carbonyl (C=O) groups is 2. The molecule has 1 N–H and O–H groups in total. The van der Waals surface area contributed by atoms with E-state index >= 15 is 0 Å². The van der Waals surface area contributed by atoms with E-state index in [1.165, 1.54) is 11.0 Å². The molecule has 0 unspecified atom stereocenters. The van der Waals surface area contributed by atoms with Crippen LogP contribution in [-0.4, -0.2) is 30.1 Å². The molecule has 1 heterocycles. The smallest absolute Gasteiger partial charge is 0.270 e. The highest BCUT2D eigenvalue weighted by Gasteiger charge is 2.35. The highest BCUT2D eigenvalue weighted by Crippen LogP contribution is 2.37. The fourth-order valence-corrected chi connectivity index (χ4v) is 3.62. The van der Waals surface area contributed by atoms with Crippen LogP contribution < -0.4 is 19.7 Å². The summed E-state index contributed by atoms with van der Waals surface area (Å²) >= 11 is 11.6. The van der Waals surface area contributed by atoms with Gasteiger partial charge in [-0.15, -0.1) is 0 Å². The van der Waals surface area contributed by atoms with Crippen LogP contribution in [-0.2, 0) is 9.59 Å². The Bertz CT molecular complexity index is 1050. The van der Waals surface area contributed by atoms with Crippen molar-refractivity contribution in [1.82, 2.24) is 5.32 Å². The van der Waals surface area contributed by atoms with Gasteiger partial charge in [0.15, 0.2) is 16.6 Å². The molecule has 2 aromatic carbocycles. The molecule has 1 saturated heterocycles. The van der Waals surface area contributed by atoms with Crippen molar-refractivity contribution in [2.75, 3.05) is 18.1 Å². The molecule has 0 atom stereocenters. The van der Waals surface area contributed by atoms with Gasteiger partial charge in [-0.2, -0.15) is 0 Å². The molecule has 2 amide bonds. The number of anilines is 1. The Morgan fingerprint density at radius 2 is 1.83 bits per heavy atom. The topological polar surface area (TPSA) is 67.9 Å². The van der Waals surface area contributed by atoms with Crippen molar-refractivity contribution in [1.29, 1.82) is 0 Å². The minimum atomic E-state index is -0.571. The fourth-order valence-electron chi connectivity index (χ4n) is 3.08. The van der Waals surface area contributed by atoms with Crippen molar-refractivity contribution >= 4 is 52.5 Å². The predicted octanol–water partition coefficient (Wildman–Crippen LogP) is 4.28. The molecule has 30 heavy (non-hydrogen) atoms. The molecule has 8 heteroatoms. The van der Waals surface area contributed by atoms with E-state index < -0.39 is 11.8 Å². The van der Waals surface area contributed by atoms with Crippen LogP contribution in [0.1, 0.15) is 25.0 Å². The lowest BCUT2D eigenvalue weighted by atomic mass is 10.1. The Labute approximate surface area is 185 Å². The average Bonchev–Trinajstić information content (AvgIpc) is 2.69. The van der Waals surface area contributed by atoms with Gasteiger partial charge >= 0.3 is 0 Å². The third-order valence-electron chi connectivity index (χ3n) is 4.39. The minimum Gasteiger partial charge on any atom is -0.490 e. The quantitative estimate of drug-likeness (QED) is 0.409. The van der Waals surface area contributed by atoms with Gasteiger partial charge in [0.05, 0.1) is 23.9 Å². The van der Waals surface area contributed by atoms with Crippen LogP contribution in [0, 0.1) is 6.92 Å². The van der Waals surface area contributed by atoms with Crippen molar-refractivity contribution in [3.63, 3.8) is 0 Å². The first-order chi connectivity index (χ1) is 14.4. The number of rotatable bonds is 6. The van der Waals surface area contributed by atoms with Gasteiger partial charge in [-0.25, -0.2) is 0 Å². The highest BCUT2D eigenvalue weighted by atomic mass is 35.5. The maximum absolute atomic E-state index is 13.2. The van der Waals surface area contributed by atoms with Gasteiger partial charge in [-0.1, -0.05) is 29.8 Å². The first-order valence-corrected chi connectivity index (χ1v) is 10.2. The number of carbonyl (C=O) groups excluding carboxylic acids is 2. The lowest BCUT2D eigenvalue weighted by molar-refractivity contribution is -0.122. The molecule has 156 valence electrons. The number of nitrogens with one attached hydrogen (secondary N) is 1. The number of nitrogens with zero attached hydrogens (tertiary/aromatic N) is 1. The summed E-state index contributed by atoms with van der Waals surface area (Å²) in [6, 6.07) is 10.6. The van der Waals surface area contributed by atoms with Crippen LogP contribution in [0.15, 0.2) is 42.0 Å². The van der Waals surface area contributed by atoms with Crippen molar-refractivity contribution in [3.8, 4) is 11.5 Å². The van der Waals surface area contributed by atoms with E-state index in [-0.39, 0.29) is 10.7 Å². The second kappa shape index (κ2) is 9.28. The Hall–Kier alpha value is -2.90. The van der Waals surface area contributed by atoms with E-state index in [4.69, 9.17) is 33.3 Å². The largest absolute Gasteiger partial charge is 0.490 e. The molecule has 0 spiro atoms. The number of thiocarbonyl (C=S) groups is 1. The summed E-state index contributed by atoms with van der Waals surface area (Å²) in [5, 5.41) is 2.94. The number of ether oxygens (including phenoxy) is 2. The molecule has 1 aliphatic rings. The summed E-state index contributed by atoms with van der Waals surface area (Å²) in [5.41, 5.74) is 1.93. The van der Waals surface area contributed by atoms with Gasteiger partial charge in [-0.05, 0) is 68.4 Å². The van der Waals surface area contributed by atoms with Gasteiger partial charge in [0.1, 0.15) is 5.57 Å². The van der Waals surface area contributed by atoms with Crippen molar-refractivity contribution in [3.05, 3.63) is 58.1 Å². The molecule has 0 saturated carbocycles. The minimum absolute atomic E-state index is 0.0381. The van der Waals surface area contributed by atoms with Gasteiger partial charge in [0, 0.05) is 0 Å². The van der Waals surface area contributed by atoms with Crippen molar-refractivity contribution < 1.29 is 19.1 Å². The summed E-state index contributed by atoms with van der Waals surface area (Å²) in [4.78, 5) is 27.0. The normalized spacial score (nSPS) is 15.4. The van der Waals surface area contributed by atoms with Gasteiger partial charge < -0.3 is 9.47 Å². The fraction of sp³-hybridized carbons (Fsp3) is 0.227. The van der Waals surface area contributed by atoms with Crippen LogP contribution in [0.3, 0.4) is 0 Å². The van der Waals surface area contributed by atoms with E-state index in [2.05, 4.69) is 5.32 Å². The Kier molecular flexibility index (Phi) is 6.74. The zero-order chi connectivity index (χ0) is 21.8. The number of amides is 2. The maximum Gasteiger partial charge on any atom is 0.270 e. The summed E-state index contributed by atoms with van der Waals surface area (Å²) in [6.07, 6.45) is 1.47. The van der Waals surface area contributed by atoms with Crippen molar-refractivity contribution in [2.45, 2.75) is 20.8 Å². The SMILES string of the molecule is CCOc1cc(/C=C2\C(=O)NC(=S)N(c3ccccc3C)C2=O)cc(Cl)c1OCC. The van der Waals surface area contributed by atoms with Crippen LogP contribution in [0.2, 0.25) is 5.02 Å².